The summed E-state index contributed by atoms with van der Waals surface area (Å²) < 4.78 is 0. The molecular weight excluding hydrogens is 220 g/mol. The minimum atomic E-state index is -0.957. The number of anilines is 2. The number of Topliss-reactive ketones (excluding diaryl/α,β-unsaturated/α-hetero) is 1. The third kappa shape index (κ3) is 2.38. The van der Waals surface area contributed by atoms with Gasteiger partial charge in [-0.1, -0.05) is 0 Å². The molecule has 0 spiro atoms. The highest BCUT2D eigenvalue weighted by Gasteiger charge is 2.19. The molecule has 0 radical (unpaired) electrons. The third-order valence-corrected chi connectivity index (χ3v) is 2.70. The van der Waals surface area contributed by atoms with Crippen molar-refractivity contribution in [1.82, 2.24) is 0 Å². The summed E-state index contributed by atoms with van der Waals surface area (Å²) in [6.07, 6.45) is 0. The molecule has 2 rings (SSSR count). The second-order valence-corrected chi connectivity index (χ2v) is 4.09. The first kappa shape index (κ1) is 11.4. The number of rotatable bonds is 3. The zero-order valence-electron chi connectivity index (χ0n) is 9.56. The van der Waals surface area contributed by atoms with Gasteiger partial charge in [0.05, 0.1) is 23.5 Å². The van der Waals surface area contributed by atoms with Gasteiger partial charge in [-0.15, -0.1) is 0 Å². The maximum atomic E-state index is 11.2. The fourth-order valence-electron chi connectivity index (χ4n) is 1.95. The average Bonchev–Trinajstić information content (AvgIpc) is 2.28. The molecule has 0 aromatic heterocycles. The molecule has 1 aromatic carbocycles. The Morgan fingerprint density at radius 3 is 2.88 bits per heavy atom. The quantitative estimate of drug-likeness (QED) is 0.822. The van der Waals surface area contributed by atoms with E-state index >= 15 is 0 Å². The molecule has 17 heavy (non-hydrogen) atoms. The zero-order valence-corrected chi connectivity index (χ0v) is 9.56. The van der Waals surface area contributed by atoms with Crippen LogP contribution in [0.15, 0.2) is 18.2 Å². The zero-order chi connectivity index (χ0) is 12.4. The minimum absolute atomic E-state index is 0.0681. The lowest BCUT2D eigenvalue weighted by molar-refractivity contribution is -0.115. The molecule has 1 heterocycles. The molecular formula is C12H14N2O3. The van der Waals surface area contributed by atoms with Crippen molar-refractivity contribution in [3.8, 4) is 0 Å². The summed E-state index contributed by atoms with van der Waals surface area (Å²) in [4.78, 5) is 24.0. The number of nitrogens with one attached hydrogen (secondary N) is 1. The highest BCUT2D eigenvalue weighted by atomic mass is 16.4. The van der Waals surface area contributed by atoms with Gasteiger partial charge in [-0.3, -0.25) is 4.79 Å². The number of carbonyl (C=O) groups excluding carboxylic acids is 1. The fourth-order valence-corrected chi connectivity index (χ4v) is 1.95. The Morgan fingerprint density at radius 1 is 1.47 bits per heavy atom. The first-order valence-electron chi connectivity index (χ1n) is 5.43. The minimum Gasteiger partial charge on any atom is -0.478 e. The number of hydrogen-bond acceptors (Lipinski definition) is 4. The van der Waals surface area contributed by atoms with Crippen LogP contribution in [0.1, 0.15) is 17.3 Å². The van der Waals surface area contributed by atoms with E-state index in [4.69, 9.17) is 5.11 Å². The Morgan fingerprint density at radius 2 is 2.24 bits per heavy atom. The first-order chi connectivity index (χ1) is 8.08. The average molecular weight is 234 g/mol. The van der Waals surface area contributed by atoms with Crippen molar-refractivity contribution in [2.75, 3.05) is 29.9 Å². The molecule has 0 bridgehead atoms. The first-order valence-corrected chi connectivity index (χ1v) is 5.43. The van der Waals surface area contributed by atoms with Crippen molar-refractivity contribution in [3.05, 3.63) is 23.8 Å². The van der Waals surface area contributed by atoms with E-state index in [2.05, 4.69) is 5.32 Å². The Labute approximate surface area is 99.0 Å². The number of nitrogens with zero attached hydrogens (tertiary/aromatic N) is 1. The van der Waals surface area contributed by atoms with Crippen LogP contribution in [0.2, 0.25) is 0 Å². The van der Waals surface area contributed by atoms with Gasteiger partial charge in [-0.05, 0) is 25.1 Å². The number of carboxylic acid groups (broad SMARTS) is 1. The van der Waals surface area contributed by atoms with Crippen LogP contribution >= 0.6 is 0 Å². The number of aromatic carboxylic acids is 1. The smallest absolute Gasteiger partial charge is 0.335 e. The molecule has 1 aliphatic rings. The van der Waals surface area contributed by atoms with Gasteiger partial charge in [-0.2, -0.15) is 0 Å². The summed E-state index contributed by atoms with van der Waals surface area (Å²) in [5.74, 6) is -0.889. The maximum Gasteiger partial charge on any atom is 0.335 e. The van der Waals surface area contributed by atoms with Crippen LogP contribution in [-0.2, 0) is 4.79 Å². The van der Waals surface area contributed by atoms with Gasteiger partial charge in [0.1, 0.15) is 5.78 Å². The van der Waals surface area contributed by atoms with Crippen LogP contribution in [-0.4, -0.2) is 36.5 Å². The fraction of sp³-hybridized carbons (Fsp3) is 0.333. The molecule has 5 nitrogen and oxygen atoms in total. The van der Waals surface area contributed by atoms with E-state index in [9.17, 15) is 9.59 Å². The van der Waals surface area contributed by atoms with Crippen LogP contribution in [0.4, 0.5) is 11.4 Å². The van der Waals surface area contributed by atoms with Crippen molar-refractivity contribution in [3.63, 3.8) is 0 Å². The van der Waals surface area contributed by atoms with E-state index in [1.807, 2.05) is 4.90 Å². The lowest BCUT2D eigenvalue weighted by atomic mass is 10.1. The van der Waals surface area contributed by atoms with E-state index in [0.717, 1.165) is 17.9 Å². The summed E-state index contributed by atoms with van der Waals surface area (Å²) in [6, 6.07) is 4.91. The Bertz CT molecular complexity index is 471. The van der Waals surface area contributed by atoms with Gasteiger partial charge in [-0.25, -0.2) is 4.79 Å². The van der Waals surface area contributed by atoms with E-state index in [-0.39, 0.29) is 11.3 Å². The number of fused-ring (bicyclic) bond motifs is 1. The van der Waals surface area contributed by atoms with E-state index < -0.39 is 5.97 Å². The molecule has 2 N–H and O–H groups in total. The molecule has 5 heteroatoms. The Hall–Kier alpha value is -2.04. The third-order valence-electron chi connectivity index (χ3n) is 2.70. The monoisotopic (exact) mass is 234 g/mol. The van der Waals surface area contributed by atoms with Crippen LogP contribution in [0.5, 0.6) is 0 Å². The summed E-state index contributed by atoms with van der Waals surface area (Å²) in [7, 11) is 0. The molecule has 0 saturated carbocycles. The van der Waals surface area contributed by atoms with Crippen LogP contribution in [0, 0.1) is 0 Å². The number of hydrogen-bond donors (Lipinski definition) is 2. The second-order valence-electron chi connectivity index (χ2n) is 4.09. The number of ketones is 1. The Balaban J connectivity index is 2.37. The molecule has 0 atom stereocenters. The van der Waals surface area contributed by atoms with E-state index in [0.29, 0.717) is 13.1 Å². The van der Waals surface area contributed by atoms with Crippen LogP contribution in [0.25, 0.3) is 0 Å². The van der Waals surface area contributed by atoms with Crippen molar-refractivity contribution >= 4 is 23.1 Å². The van der Waals surface area contributed by atoms with Crippen LogP contribution in [0.3, 0.4) is 0 Å². The maximum absolute atomic E-state index is 11.2. The summed E-state index contributed by atoms with van der Waals surface area (Å²) in [6.45, 7) is 3.31. The molecule has 0 amide bonds. The van der Waals surface area contributed by atoms with Crippen molar-refractivity contribution in [2.24, 2.45) is 0 Å². The van der Waals surface area contributed by atoms with Gasteiger partial charge in [0.15, 0.2) is 0 Å². The summed E-state index contributed by atoms with van der Waals surface area (Å²) in [5.41, 5.74) is 1.90. The predicted octanol–water partition coefficient (Wildman–Crippen LogP) is 1.21. The van der Waals surface area contributed by atoms with Gasteiger partial charge >= 0.3 is 5.97 Å². The molecule has 0 fully saturated rings. The standard InChI is InChI=1S/C12H14N2O3/c1-8(15)7-14-5-4-13-10-3-2-9(12(16)17)6-11(10)14/h2-3,6,13H,4-5,7H2,1H3,(H,16,17). The lowest BCUT2D eigenvalue weighted by Gasteiger charge is -2.31. The second kappa shape index (κ2) is 4.45. The van der Waals surface area contributed by atoms with Gasteiger partial charge in [0.25, 0.3) is 0 Å². The van der Waals surface area contributed by atoms with Crippen molar-refractivity contribution < 1.29 is 14.7 Å². The molecule has 0 aliphatic carbocycles. The predicted molar refractivity (Wildman–Crippen MR) is 64.8 cm³/mol. The highest BCUT2D eigenvalue weighted by molar-refractivity contribution is 5.92. The molecule has 1 aromatic rings. The van der Waals surface area contributed by atoms with E-state index in [1.165, 1.54) is 6.92 Å². The normalized spacial score (nSPS) is 13.8. The largest absolute Gasteiger partial charge is 0.478 e. The molecule has 0 saturated heterocycles. The van der Waals surface area contributed by atoms with Gasteiger partial charge in [0, 0.05) is 13.1 Å². The molecule has 1 aliphatic heterocycles. The number of carboxylic acids is 1. The topological polar surface area (TPSA) is 69.6 Å². The van der Waals surface area contributed by atoms with Crippen molar-refractivity contribution in [2.45, 2.75) is 6.92 Å². The van der Waals surface area contributed by atoms with Gasteiger partial charge < -0.3 is 15.3 Å². The van der Waals surface area contributed by atoms with Crippen molar-refractivity contribution in [1.29, 1.82) is 0 Å². The molecule has 90 valence electrons. The van der Waals surface area contributed by atoms with Gasteiger partial charge in [0.2, 0.25) is 0 Å². The highest BCUT2D eigenvalue weighted by Crippen LogP contribution is 2.29. The Kier molecular flexibility index (Phi) is 2.99. The summed E-state index contributed by atoms with van der Waals surface area (Å²) in [5, 5.41) is 12.1. The summed E-state index contributed by atoms with van der Waals surface area (Å²) >= 11 is 0. The SMILES string of the molecule is CC(=O)CN1CCNc2ccc(C(=O)O)cc21. The number of benzene rings is 1. The number of carbonyl (C=O) groups is 2. The van der Waals surface area contributed by atoms with Crippen LogP contribution < -0.4 is 10.2 Å². The molecule has 0 unspecified atom stereocenters. The van der Waals surface area contributed by atoms with E-state index in [1.54, 1.807) is 18.2 Å². The lowest BCUT2D eigenvalue weighted by Crippen LogP contribution is -2.37.